The minimum Gasteiger partial charge on any atom is -0.465 e. The number of sulfonamides is 1. The van der Waals surface area contributed by atoms with Gasteiger partial charge < -0.3 is 4.74 Å². The summed E-state index contributed by atoms with van der Waals surface area (Å²) in [4.78, 5) is 11.1. The summed E-state index contributed by atoms with van der Waals surface area (Å²) in [6.45, 7) is 0. The highest BCUT2D eigenvalue weighted by atomic mass is 32.2. The maximum absolute atomic E-state index is 13.2. The molecular formula is C11H12FNO4S. The molecule has 0 heterocycles. The number of ether oxygens (including phenoxy) is 1. The number of methoxy groups -OCH3 is 1. The van der Waals surface area contributed by atoms with Gasteiger partial charge in [-0.15, -0.1) is 0 Å². The van der Waals surface area contributed by atoms with Crippen LogP contribution in [0.5, 0.6) is 0 Å². The third-order valence-electron chi connectivity index (χ3n) is 2.54. The molecule has 1 saturated carbocycles. The molecular weight excluding hydrogens is 261 g/mol. The lowest BCUT2D eigenvalue weighted by atomic mass is 10.2. The Hall–Kier alpha value is -1.47. The van der Waals surface area contributed by atoms with Gasteiger partial charge in [-0.2, -0.15) is 0 Å². The molecule has 1 aromatic rings. The second kappa shape index (κ2) is 4.66. The Kier molecular flexibility index (Phi) is 3.36. The highest BCUT2D eigenvalue weighted by molar-refractivity contribution is 7.89. The number of nitrogens with one attached hydrogen (secondary N) is 1. The average Bonchev–Trinajstić information content (AvgIpc) is 3.11. The normalized spacial score (nSPS) is 15.4. The van der Waals surface area contributed by atoms with Crippen molar-refractivity contribution in [3.63, 3.8) is 0 Å². The molecule has 0 saturated heterocycles. The van der Waals surface area contributed by atoms with Crippen molar-refractivity contribution in [3.8, 4) is 0 Å². The molecule has 1 N–H and O–H groups in total. The van der Waals surface area contributed by atoms with E-state index in [-0.39, 0.29) is 16.5 Å². The summed E-state index contributed by atoms with van der Waals surface area (Å²) >= 11 is 0. The number of rotatable bonds is 4. The number of halogens is 1. The molecule has 0 atom stereocenters. The lowest BCUT2D eigenvalue weighted by Crippen LogP contribution is -2.27. The molecule has 0 amide bonds. The molecule has 0 aromatic heterocycles. The van der Waals surface area contributed by atoms with E-state index in [1.54, 1.807) is 0 Å². The van der Waals surface area contributed by atoms with Gasteiger partial charge in [0.1, 0.15) is 5.82 Å². The number of carbonyl (C=O) groups excluding carboxylic acids is 1. The van der Waals surface area contributed by atoms with Crippen LogP contribution in [0.15, 0.2) is 23.1 Å². The van der Waals surface area contributed by atoms with Crippen LogP contribution in [0.25, 0.3) is 0 Å². The first-order chi connectivity index (χ1) is 8.44. The topological polar surface area (TPSA) is 72.5 Å². The molecule has 5 nitrogen and oxygen atoms in total. The number of esters is 1. The van der Waals surface area contributed by atoms with Crippen molar-refractivity contribution in [1.29, 1.82) is 0 Å². The molecule has 0 spiro atoms. The maximum atomic E-state index is 13.2. The van der Waals surface area contributed by atoms with Gasteiger partial charge in [0.05, 0.1) is 17.6 Å². The molecule has 1 fully saturated rings. The van der Waals surface area contributed by atoms with Gasteiger partial charge in [0, 0.05) is 6.04 Å². The Bertz CT molecular complexity index is 581. The van der Waals surface area contributed by atoms with Crippen molar-refractivity contribution < 1.29 is 22.3 Å². The zero-order valence-corrected chi connectivity index (χ0v) is 10.5. The van der Waals surface area contributed by atoms with E-state index in [1.807, 2.05) is 0 Å². The van der Waals surface area contributed by atoms with Gasteiger partial charge in [-0.1, -0.05) is 0 Å². The quantitative estimate of drug-likeness (QED) is 0.832. The molecule has 1 aliphatic rings. The van der Waals surface area contributed by atoms with E-state index in [2.05, 4.69) is 9.46 Å². The van der Waals surface area contributed by atoms with Crippen molar-refractivity contribution in [1.82, 2.24) is 4.72 Å². The van der Waals surface area contributed by atoms with Crippen LogP contribution in [-0.2, 0) is 14.8 Å². The number of hydrogen-bond acceptors (Lipinski definition) is 4. The highest BCUT2D eigenvalue weighted by Crippen LogP contribution is 2.24. The van der Waals surface area contributed by atoms with E-state index < -0.39 is 21.8 Å². The van der Waals surface area contributed by atoms with Crippen LogP contribution in [0, 0.1) is 5.82 Å². The van der Waals surface area contributed by atoms with E-state index in [9.17, 15) is 17.6 Å². The first kappa shape index (κ1) is 13.0. The first-order valence-electron chi connectivity index (χ1n) is 5.34. The molecule has 7 heteroatoms. The van der Waals surface area contributed by atoms with Gasteiger partial charge in [0.25, 0.3) is 0 Å². The second-order valence-corrected chi connectivity index (χ2v) is 5.71. The number of benzene rings is 1. The largest absolute Gasteiger partial charge is 0.465 e. The van der Waals surface area contributed by atoms with Crippen LogP contribution in [0.3, 0.4) is 0 Å². The monoisotopic (exact) mass is 273 g/mol. The van der Waals surface area contributed by atoms with Gasteiger partial charge in [0.2, 0.25) is 10.0 Å². The van der Waals surface area contributed by atoms with Crippen molar-refractivity contribution >= 4 is 16.0 Å². The molecule has 98 valence electrons. The van der Waals surface area contributed by atoms with Crippen LogP contribution in [0.4, 0.5) is 4.39 Å². The summed E-state index contributed by atoms with van der Waals surface area (Å²) < 4.78 is 44.0. The molecule has 0 unspecified atom stereocenters. The summed E-state index contributed by atoms with van der Waals surface area (Å²) in [5.74, 6) is -1.54. The van der Waals surface area contributed by atoms with Crippen LogP contribution in [0.2, 0.25) is 0 Å². The molecule has 1 aromatic carbocycles. The average molecular weight is 273 g/mol. The fourth-order valence-electron chi connectivity index (χ4n) is 1.48. The van der Waals surface area contributed by atoms with Crippen molar-refractivity contribution in [2.75, 3.05) is 7.11 Å². The van der Waals surface area contributed by atoms with E-state index >= 15 is 0 Å². The van der Waals surface area contributed by atoms with Crippen molar-refractivity contribution in [2.24, 2.45) is 0 Å². The van der Waals surface area contributed by atoms with Gasteiger partial charge in [-0.25, -0.2) is 22.3 Å². The van der Waals surface area contributed by atoms with Gasteiger partial charge in [-0.3, -0.25) is 0 Å². The Balaban J connectivity index is 2.46. The minimum absolute atomic E-state index is 0.122. The van der Waals surface area contributed by atoms with Crippen LogP contribution in [0.1, 0.15) is 23.2 Å². The van der Waals surface area contributed by atoms with Gasteiger partial charge >= 0.3 is 5.97 Å². The van der Waals surface area contributed by atoms with Crippen molar-refractivity contribution in [2.45, 2.75) is 23.8 Å². The minimum atomic E-state index is -3.90. The van der Waals surface area contributed by atoms with E-state index in [1.165, 1.54) is 0 Å². The lowest BCUT2D eigenvalue weighted by Gasteiger charge is -2.09. The second-order valence-electron chi connectivity index (χ2n) is 4.03. The molecule has 2 rings (SSSR count). The SMILES string of the molecule is COC(=O)c1ccc(F)cc1S(=O)(=O)NC1CC1. The summed E-state index contributed by atoms with van der Waals surface area (Å²) in [5.41, 5.74) is -0.174. The van der Waals surface area contributed by atoms with Crippen LogP contribution in [-0.4, -0.2) is 27.5 Å². The fourth-order valence-corrected chi connectivity index (χ4v) is 2.99. The molecule has 0 bridgehead atoms. The van der Waals surface area contributed by atoms with E-state index in [0.717, 1.165) is 38.2 Å². The maximum Gasteiger partial charge on any atom is 0.339 e. The van der Waals surface area contributed by atoms with Crippen LogP contribution >= 0.6 is 0 Å². The first-order valence-corrected chi connectivity index (χ1v) is 6.82. The van der Waals surface area contributed by atoms with Crippen LogP contribution < -0.4 is 4.72 Å². The third kappa shape index (κ3) is 2.68. The Morgan fingerprint density at radius 3 is 2.67 bits per heavy atom. The summed E-state index contributed by atoms with van der Waals surface area (Å²) in [6.07, 6.45) is 1.50. The lowest BCUT2D eigenvalue weighted by molar-refractivity contribution is 0.0596. The Morgan fingerprint density at radius 2 is 2.11 bits per heavy atom. The smallest absolute Gasteiger partial charge is 0.339 e. The summed E-state index contributed by atoms with van der Waals surface area (Å²) in [5, 5.41) is 0. The fraction of sp³-hybridized carbons (Fsp3) is 0.364. The van der Waals surface area contributed by atoms with Crippen molar-refractivity contribution in [3.05, 3.63) is 29.6 Å². The predicted octanol–water partition coefficient (Wildman–Crippen LogP) is 1.05. The Morgan fingerprint density at radius 1 is 1.44 bits per heavy atom. The summed E-state index contributed by atoms with van der Waals surface area (Å²) in [7, 11) is -2.76. The predicted molar refractivity (Wildman–Crippen MR) is 61.1 cm³/mol. The molecule has 1 aliphatic carbocycles. The number of hydrogen-bond donors (Lipinski definition) is 1. The third-order valence-corrected chi connectivity index (χ3v) is 4.10. The van der Waals surface area contributed by atoms with E-state index in [0.29, 0.717) is 0 Å². The molecule has 0 radical (unpaired) electrons. The Labute approximate surface area is 104 Å². The standard InChI is InChI=1S/C11H12FNO4S/c1-17-11(14)9-5-2-7(12)6-10(9)18(15,16)13-8-3-4-8/h2,5-6,8,13H,3-4H2,1H3. The van der Waals surface area contributed by atoms with Gasteiger partial charge in [-0.05, 0) is 31.0 Å². The molecule has 18 heavy (non-hydrogen) atoms. The van der Waals surface area contributed by atoms with E-state index in [4.69, 9.17) is 0 Å². The molecule has 0 aliphatic heterocycles. The van der Waals surface area contributed by atoms with Gasteiger partial charge in [0.15, 0.2) is 0 Å². The summed E-state index contributed by atoms with van der Waals surface area (Å²) in [6, 6.07) is 2.81. The zero-order valence-electron chi connectivity index (χ0n) is 9.64. The number of carbonyl (C=O) groups is 1. The highest BCUT2D eigenvalue weighted by Gasteiger charge is 2.31. The zero-order chi connectivity index (χ0) is 13.3.